The van der Waals surface area contributed by atoms with Crippen LogP contribution in [0.5, 0.6) is 0 Å². The largest absolute Gasteiger partial charge is 0.451 e. The number of hydrogen-bond donors (Lipinski definition) is 1. The molecular weight excluding hydrogens is 286 g/mol. The minimum absolute atomic E-state index is 0.286. The zero-order valence-electron chi connectivity index (χ0n) is 12.0. The van der Waals surface area contributed by atoms with E-state index in [1.165, 1.54) is 16.9 Å². The molecule has 0 unspecified atom stereocenters. The Morgan fingerprint density at radius 2 is 1.90 bits per heavy atom. The molecule has 0 radical (unpaired) electrons. The molecule has 0 spiro atoms. The molecule has 5 heteroatoms. The molecule has 0 aliphatic rings. The molecular formula is C16H17NO3S. The minimum Gasteiger partial charge on any atom is -0.451 e. The van der Waals surface area contributed by atoms with Crippen LogP contribution in [0, 0.1) is 6.92 Å². The van der Waals surface area contributed by atoms with Gasteiger partial charge in [0.1, 0.15) is 4.88 Å². The van der Waals surface area contributed by atoms with Gasteiger partial charge in [-0.2, -0.15) is 0 Å². The van der Waals surface area contributed by atoms with E-state index >= 15 is 0 Å². The molecule has 0 aliphatic carbocycles. The van der Waals surface area contributed by atoms with E-state index in [4.69, 9.17) is 4.74 Å². The lowest BCUT2D eigenvalue weighted by Gasteiger charge is -2.07. The fraction of sp³-hybridized carbons (Fsp3) is 0.250. The minimum atomic E-state index is -0.459. The van der Waals surface area contributed by atoms with E-state index in [1.807, 2.05) is 42.6 Å². The van der Waals surface area contributed by atoms with Crippen molar-refractivity contribution < 1.29 is 14.3 Å². The number of aryl methyl sites for hydroxylation is 2. The van der Waals surface area contributed by atoms with Gasteiger partial charge >= 0.3 is 5.97 Å². The SMILES string of the molecule is CCc1ccc(NC(=O)COC(=O)c2sccc2C)cc1. The van der Waals surface area contributed by atoms with Gasteiger partial charge < -0.3 is 10.1 Å². The predicted molar refractivity (Wildman–Crippen MR) is 83.8 cm³/mol. The second-order valence-electron chi connectivity index (χ2n) is 4.61. The maximum Gasteiger partial charge on any atom is 0.349 e. The summed E-state index contributed by atoms with van der Waals surface area (Å²) in [6.45, 7) is 3.62. The van der Waals surface area contributed by atoms with E-state index in [9.17, 15) is 9.59 Å². The molecule has 1 aromatic heterocycles. The van der Waals surface area contributed by atoms with Gasteiger partial charge in [0.25, 0.3) is 5.91 Å². The van der Waals surface area contributed by atoms with Crippen LogP contribution in [0.3, 0.4) is 0 Å². The van der Waals surface area contributed by atoms with Crippen molar-refractivity contribution in [2.24, 2.45) is 0 Å². The van der Waals surface area contributed by atoms with Crippen LogP contribution in [-0.2, 0) is 16.0 Å². The summed E-state index contributed by atoms with van der Waals surface area (Å²) in [6, 6.07) is 9.42. The summed E-state index contributed by atoms with van der Waals surface area (Å²) in [5.74, 6) is -0.805. The monoisotopic (exact) mass is 303 g/mol. The van der Waals surface area contributed by atoms with Crippen molar-refractivity contribution >= 4 is 28.9 Å². The van der Waals surface area contributed by atoms with Crippen LogP contribution in [-0.4, -0.2) is 18.5 Å². The number of benzene rings is 1. The lowest BCUT2D eigenvalue weighted by molar-refractivity contribution is -0.119. The van der Waals surface area contributed by atoms with Crippen molar-refractivity contribution in [3.05, 3.63) is 51.7 Å². The van der Waals surface area contributed by atoms with Gasteiger partial charge in [0.2, 0.25) is 0 Å². The Labute approximate surface area is 127 Å². The van der Waals surface area contributed by atoms with Crippen LogP contribution in [0.4, 0.5) is 5.69 Å². The number of ether oxygens (including phenoxy) is 1. The maximum atomic E-state index is 11.8. The van der Waals surface area contributed by atoms with Crippen LogP contribution in [0.2, 0.25) is 0 Å². The zero-order chi connectivity index (χ0) is 15.2. The van der Waals surface area contributed by atoms with E-state index in [1.54, 1.807) is 0 Å². The van der Waals surface area contributed by atoms with Gasteiger partial charge in [-0.1, -0.05) is 19.1 Å². The number of nitrogens with one attached hydrogen (secondary N) is 1. The molecule has 2 rings (SSSR count). The highest BCUT2D eigenvalue weighted by atomic mass is 32.1. The Kier molecular flexibility index (Phi) is 5.11. The number of carbonyl (C=O) groups is 2. The highest BCUT2D eigenvalue weighted by Crippen LogP contribution is 2.16. The van der Waals surface area contributed by atoms with Gasteiger partial charge in [0, 0.05) is 5.69 Å². The van der Waals surface area contributed by atoms with Crippen LogP contribution in [0.25, 0.3) is 0 Å². The molecule has 0 bridgehead atoms. The zero-order valence-corrected chi connectivity index (χ0v) is 12.8. The topological polar surface area (TPSA) is 55.4 Å². The van der Waals surface area contributed by atoms with E-state index in [2.05, 4.69) is 12.2 Å². The van der Waals surface area contributed by atoms with Crippen molar-refractivity contribution in [1.82, 2.24) is 0 Å². The molecule has 110 valence electrons. The lowest BCUT2D eigenvalue weighted by Crippen LogP contribution is -2.20. The van der Waals surface area contributed by atoms with E-state index < -0.39 is 5.97 Å². The number of anilines is 1. The van der Waals surface area contributed by atoms with Crippen LogP contribution in [0.1, 0.15) is 27.7 Å². The van der Waals surface area contributed by atoms with Crippen molar-refractivity contribution in [2.45, 2.75) is 20.3 Å². The standard InChI is InChI=1S/C16H17NO3S/c1-3-12-4-6-13(7-5-12)17-14(18)10-20-16(19)15-11(2)8-9-21-15/h4-9H,3,10H2,1-2H3,(H,17,18). The Hall–Kier alpha value is -2.14. The highest BCUT2D eigenvalue weighted by molar-refractivity contribution is 7.12. The smallest absolute Gasteiger partial charge is 0.349 e. The molecule has 0 saturated carbocycles. The summed E-state index contributed by atoms with van der Waals surface area (Å²) >= 11 is 1.31. The van der Waals surface area contributed by atoms with E-state index in [-0.39, 0.29) is 12.5 Å². The number of amides is 1. The van der Waals surface area contributed by atoms with Gasteiger partial charge in [0.15, 0.2) is 6.61 Å². The number of carbonyl (C=O) groups excluding carboxylic acids is 2. The van der Waals surface area contributed by atoms with Gasteiger partial charge in [0.05, 0.1) is 0 Å². The van der Waals surface area contributed by atoms with E-state index in [0.717, 1.165) is 12.0 Å². The Morgan fingerprint density at radius 1 is 1.19 bits per heavy atom. The van der Waals surface area contributed by atoms with Crippen LogP contribution < -0.4 is 5.32 Å². The molecule has 1 N–H and O–H groups in total. The molecule has 0 fully saturated rings. The third kappa shape index (κ3) is 4.16. The Bertz CT molecular complexity index is 631. The van der Waals surface area contributed by atoms with Crippen molar-refractivity contribution in [3.63, 3.8) is 0 Å². The first-order valence-electron chi connectivity index (χ1n) is 6.70. The predicted octanol–water partition coefficient (Wildman–Crippen LogP) is 3.41. The first-order valence-corrected chi connectivity index (χ1v) is 7.58. The fourth-order valence-electron chi connectivity index (χ4n) is 1.80. The molecule has 21 heavy (non-hydrogen) atoms. The molecule has 0 saturated heterocycles. The summed E-state index contributed by atoms with van der Waals surface area (Å²) in [5, 5.41) is 4.52. The molecule has 2 aromatic rings. The molecule has 1 aromatic carbocycles. The summed E-state index contributed by atoms with van der Waals surface area (Å²) in [6.07, 6.45) is 0.950. The Balaban J connectivity index is 1.84. The highest BCUT2D eigenvalue weighted by Gasteiger charge is 2.13. The molecule has 4 nitrogen and oxygen atoms in total. The van der Waals surface area contributed by atoms with Gasteiger partial charge in [-0.05, 0) is 48.1 Å². The molecule has 0 atom stereocenters. The fourth-order valence-corrected chi connectivity index (χ4v) is 2.62. The van der Waals surface area contributed by atoms with Gasteiger partial charge in [-0.25, -0.2) is 4.79 Å². The first-order chi connectivity index (χ1) is 10.1. The summed E-state index contributed by atoms with van der Waals surface area (Å²) in [7, 11) is 0. The normalized spacial score (nSPS) is 10.2. The average Bonchev–Trinajstić information content (AvgIpc) is 2.92. The van der Waals surface area contributed by atoms with Crippen molar-refractivity contribution in [1.29, 1.82) is 0 Å². The third-order valence-corrected chi connectivity index (χ3v) is 4.02. The number of hydrogen-bond acceptors (Lipinski definition) is 4. The third-order valence-electron chi connectivity index (χ3n) is 3.03. The quantitative estimate of drug-likeness (QED) is 0.861. The first kappa shape index (κ1) is 15.3. The van der Waals surface area contributed by atoms with Crippen LogP contribution >= 0.6 is 11.3 Å². The van der Waals surface area contributed by atoms with Crippen LogP contribution in [0.15, 0.2) is 35.7 Å². The number of esters is 1. The van der Waals surface area contributed by atoms with Crippen molar-refractivity contribution in [2.75, 3.05) is 11.9 Å². The van der Waals surface area contributed by atoms with Gasteiger partial charge in [-0.3, -0.25) is 4.79 Å². The second kappa shape index (κ2) is 7.04. The van der Waals surface area contributed by atoms with Crippen molar-refractivity contribution in [3.8, 4) is 0 Å². The summed E-state index contributed by atoms with van der Waals surface area (Å²) in [5.41, 5.74) is 2.76. The number of thiophene rings is 1. The lowest BCUT2D eigenvalue weighted by atomic mass is 10.1. The Morgan fingerprint density at radius 3 is 2.48 bits per heavy atom. The average molecular weight is 303 g/mol. The van der Waals surface area contributed by atoms with Gasteiger partial charge in [-0.15, -0.1) is 11.3 Å². The molecule has 1 amide bonds. The summed E-state index contributed by atoms with van der Waals surface area (Å²) < 4.78 is 5.01. The molecule has 0 aliphatic heterocycles. The molecule has 1 heterocycles. The maximum absolute atomic E-state index is 11.8. The number of rotatable bonds is 5. The second-order valence-corrected chi connectivity index (χ2v) is 5.52. The van der Waals surface area contributed by atoms with E-state index in [0.29, 0.717) is 10.6 Å². The summed E-state index contributed by atoms with van der Waals surface area (Å²) in [4.78, 5) is 24.1.